The number of rotatable bonds is 1. The number of allylic oxidation sites excluding steroid dienone is 2. The Labute approximate surface area is 61.2 Å². The van der Waals surface area contributed by atoms with Crippen LogP contribution in [0.5, 0.6) is 0 Å². The Bertz CT molecular complexity index is 138. The van der Waals surface area contributed by atoms with Gasteiger partial charge in [-0.15, -0.1) is 5.47 Å². The molecule has 0 unspecified atom stereocenters. The summed E-state index contributed by atoms with van der Waals surface area (Å²) in [6.07, 6.45) is 3.94. The minimum absolute atomic E-state index is 0.750. The minimum atomic E-state index is 0.750. The standard InChI is InChI=1S/C7H12BSi/c1-8(2)6-4-3-5-7(6)9/h3-5H2,1-2H3. The van der Waals surface area contributed by atoms with Crippen molar-refractivity contribution in [2.75, 3.05) is 0 Å². The van der Waals surface area contributed by atoms with Gasteiger partial charge < -0.3 is 0 Å². The summed E-state index contributed by atoms with van der Waals surface area (Å²) in [6, 6.07) is 0. The summed E-state index contributed by atoms with van der Waals surface area (Å²) in [7, 11) is 3.63. The first kappa shape index (κ1) is 7.13. The molecule has 0 aromatic heterocycles. The van der Waals surface area contributed by atoms with Gasteiger partial charge in [-0.2, -0.15) is 0 Å². The summed E-state index contributed by atoms with van der Waals surface area (Å²) in [5.41, 5.74) is 1.63. The average Bonchev–Trinajstić information content (AvgIpc) is 2.13. The predicted molar refractivity (Wildman–Crippen MR) is 44.1 cm³/mol. The molecule has 0 nitrogen and oxygen atoms in total. The van der Waals surface area contributed by atoms with E-state index in [0.29, 0.717) is 0 Å². The molecule has 0 saturated heterocycles. The van der Waals surface area contributed by atoms with Gasteiger partial charge in [0.2, 0.25) is 0 Å². The van der Waals surface area contributed by atoms with E-state index in [1.807, 2.05) is 0 Å². The van der Waals surface area contributed by atoms with Crippen LogP contribution in [0.4, 0.5) is 0 Å². The molecule has 0 amide bonds. The highest BCUT2D eigenvalue weighted by molar-refractivity contribution is 6.65. The monoisotopic (exact) mass is 135 g/mol. The summed E-state index contributed by atoms with van der Waals surface area (Å²) >= 11 is 0. The van der Waals surface area contributed by atoms with E-state index >= 15 is 0 Å². The lowest BCUT2D eigenvalue weighted by Gasteiger charge is -2.02. The molecular weight excluding hydrogens is 123 g/mol. The summed E-state index contributed by atoms with van der Waals surface area (Å²) < 4.78 is 0. The Morgan fingerprint density at radius 2 is 2.00 bits per heavy atom. The quantitative estimate of drug-likeness (QED) is 0.481. The van der Waals surface area contributed by atoms with Crippen molar-refractivity contribution in [3.63, 3.8) is 0 Å². The maximum atomic E-state index is 3.63. The Kier molecular flexibility index (Phi) is 2.17. The third-order valence-electron chi connectivity index (χ3n) is 1.96. The van der Waals surface area contributed by atoms with Gasteiger partial charge in [0.15, 0.2) is 6.71 Å². The van der Waals surface area contributed by atoms with Crippen molar-refractivity contribution in [1.29, 1.82) is 0 Å². The van der Waals surface area contributed by atoms with E-state index in [1.165, 1.54) is 24.5 Å². The Hall–Kier alpha value is 0.0218. The SMILES string of the molecule is CB(C)C1=C([Si])CCC1. The summed E-state index contributed by atoms with van der Waals surface area (Å²) in [4.78, 5) is 0. The van der Waals surface area contributed by atoms with Crippen LogP contribution in [0.25, 0.3) is 0 Å². The topological polar surface area (TPSA) is 0 Å². The predicted octanol–water partition coefficient (Wildman–Crippen LogP) is 1.89. The second kappa shape index (κ2) is 2.74. The lowest BCUT2D eigenvalue weighted by molar-refractivity contribution is 0.917. The molecule has 1 rings (SSSR count). The fourth-order valence-electron chi connectivity index (χ4n) is 1.40. The molecule has 0 aromatic rings. The van der Waals surface area contributed by atoms with E-state index in [4.69, 9.17) is 0 Å². The van der Waals surface area contributed by atoms with E-state index in [2.05, 4.69) is 23.9 Å². The zero-order valence-electron chi connectivity index (χ0n) is 6.20. The molecule has 0 spiro atoms. The van der Waals surface area contributed by atoms with Crippen molar-refractivity contribution in [3.8, 4) is 0 Å². The summed E-state index contributed by atoms with van der Waals surface area (Å²) in [5, 5.41) is 1.46. The van der Waals surface area contributed by atoms with Crippen LogP contribution in [-0.4, -0.2) is 17.0 Å². The maximum absolute atomic E-state index is 3.63. The molecular formula is C7H12BSi. The molecule has 0 fully saturated rings. The van der Waals surface area contributed by atoms with Crippen LogP contribution in [0.1, 0.15) is 19.3 Å². The first-order valence-electron chi connectivity index (χ1n) is 3.65. The first-order valence-corrected chi connectivity index (χ1v) is 4.15. The van der Waals surface area contributed by atoms with Gasteiger partial charge in [0.25, 0.3) is 0 Å². The molecule has 0 bridgehead atoms. The molecule has 0 saturated carbocycles. The molecule has 0 N–H and O–H groups in total. The van der Waals surface area contributed by atoms with Gasteiger partial charge in [-0.3, -0.25) is 0 Å². The van der Waals surface area contributed by atoms with E-state index in [1.54, 1.807) is 5.47 Å². The van der Waals surface area contributed by atoms with Crippen molar-refractivity contribution in [2.24, 2.45) is 0 Å². The highest BCUT2D eigenvalue weighted by Gasteiger charge is 2.14. The molecule has 0 atom stereocenters. The van der Waals surface area contributed by atoms with Crippen LogP contribution < -0.4 is 0 Å². The van der Waals surface area contributed by atoms with Crippen LogP contribution in [0.2, 0.25) is 13.6 Å². The van der Waals surface area contributed by atoms with E-state index < -0.39 is 0 Å². The van der Waals surface area contributed by atoms with Crippen molar-refractivity contribution < 1.29 is 0 Å². The fraction of sp³-hybridized carbons (Fsp3) is 0.714. The van der Waals surface area contributed by atoms with Gasteiger partial charge in [-0.25, -0.2) is 0 Å². The number of hydrogen-bond donors (Lipinski definition) is 0. The minimum Gasteiger partial charge on any atom is -0.107 e. The summed E-state index contributed by atoms with van der Waals surface area (Å²) in [5.74, 6) is 0. The van der Waals surface area contributed by atoms with Gasteiger partial charge in [-0.1, -0.05) is 18.8 Å². The van der Waals surface area contributed by atoms with Crippen molar-refractivity contribution in [3.05, 3.63) is 10.7 Å². The smallest absolute Gasteiger partial charge is 0.107 e. The highest BCUT2D eigenvalue weighted by atomic mass is 28.1. The van der Waals surface area contributed by atoms with E-state index in [0.717, 1.165) is 6.71 Å². The zero-order chi connectivity index (χ0) is 6.85. The Morgan fingerprint density at radius 3 is 2.22 bits per heavy atom. The third kappa shape index (κ3) is 1.48. The van der Waals surface area contributed by atoms with Gasteiger partial charge in [0, 0.05) is 0 Å². The van der Waals surface area contributed by atoms with Crippen molar-refractivity contribution >= 4 is 17.0 Å². The third-order valence-corrected chi connectivity index (χ3v) is 2.53. The maximum Gasteiger partial charge on any atom is 0.163 e. The molecule has 1 aliphatic rings. The van der Waals surface area contributed by atoms with E-state index in [9.17, 15) is 0 Å². The zero-order valence-corrected chi connectivity index (χ0v) is 7.20. The lowest BCUT2D eigenvalue weighted by atomic mass is 9.48. The van der Waals surface area contributed by atoms with Gasteiger partial charge in [0.1, 0.15) is 0 Å². The Balaban J connectivity index is 2.66. The van der Waals surface area contributed by atoms with Crippen LogP contribution in [0.3, 0.4) is 0 Å². The molecule has 1 aliphatic carbocycles. The van der Waals surface area contributed by atoms with Gasteiger partial charge in [0.05, 0.1) is 10.2 Å². The lowest BCUT2D eigenvalue weighted by Crippen LogP contribution is -2.05. The molecule has 0 heterocycles. The highest BCUT2D eigenvalue weighted by Crippen LogP contribution is 2.25. The molecule has 3 radical (unpaired) electrons. The average molecular weight is 135 g/mol. The Morgan fingerprint density at radius 1 is 1.33 bits per heavy atom. The second-order valence-electron chi connectivity index (χ2n) is 3.01. The number of hydrogen-bond acceptors (Lipinski definition) is 0. The summed E-state index contributed by atoms with van der Waals surface area (Å²) in [6.45, 7) is 5.28. The normalized spacial score (nSPS) is 19.0. The fourth-order valence-corrected chi connectivity index (χ4v) is 1.99. The second-order valence-corrected chi connectivity index (χ2v) is 3.62. The van der Waals surface area contributed by atoms with Crippen LogP contribution >= 0.6 is 0 Å². The molecule has 2 heteroatoms. The van der Waals surface area contributed by atoms with Crippen LogP contribution in [0, 0.1) is 0 Å². The van der Waals surface area contributed by atoms with E-state index in [-0.39, 0.29) is 0 Å². The van der Waals surface area contributed by atoms with Crippen LogP contribution in [0.15, 0.2) is 10.7 Å². The molecule has 0 aliphatic heterocycles. The molecule has 0 aromatic carbocycles. The molecule has 9 heavy (non-hydrogen) atoms. The van der Waals surface area contributed by atoms with Gasteiger partial charge in [-0.05, 0) is 19.3 Å². The van der Waals surface area contributed by atoms with Crippen LogP contribution in [-0.2, 0) is 0 Å². The van der Waals surface area contributed by atoms with Crippen molar-refractivity contribution in [2.45, 2.75) is 32.9 Å². The molecule has 47 valence electrons. The largest absolute Gasteiger partial charge is 0.163 e. The first-order chi connectivity index (χ1) is 4.22. The van der Waals surface area contributed by atoms with Gasteiger partial charge >= 0.3 is 0 Å². The van der Waals surface area contributed by atoms with Crippen molar-refractivity contribution in [1.82, 2.24) is 0 Å².